The molecule has 6 nitrogen and oxygen atoms in total. The second-order valence-corrected chi connectivity index (χ2v) is 8.93. The summed E-state index contributed by atoms with van der Waals surface area (Å²) in [5.74, 6) is 0.300. The molecule has 142 valence electrons. The Labute approximate surface area is 167 Å². The van der Waals surface area contributed by atoms with Gasteiger partial charge in [-0.25, -0.2) is 8.42 Å². The van der Waals surface area contributed by atoms with E-state index in [-0.39, 0.29) is 18.2 Å². The Bertz CT molecular complexity index is 1050. The quantitative estimate of drug-likeness (QED) is 0.587. The van der Waals surface area contributed by atoms with Gasteiger partial charge in [0.2, 0.25) is 21.7 Å². The second kappa shape index (κ2) is 7.98. The van der Waals surface area contributed by atoms with E-state index in [0.717, 1.165) is 15.4 Å². The van der Waals surface area contributed by atoms with Gasteiger partial charge in [-0.15, -0.1) is 0 Å². The SMILES string of the molecule is Cc1ccccc1-c1noc(CN(C)S(=O)(=O)Cc2c(Cl)cccc2Cl)n1. The second-order valence-electron chi connectivity index (χ2n) is 6.04. The van der Waals surface area contributed by atoms with Gasteiger partial charge >= 0.3 is 0 Å². The molecule has 9 heteroatoms. The molecule has 0 N–H and O–H groups in total. The maximum Gasteiger partial charge on any atom is 0.242 e. The molecule has 0 unspecified atom stereocenters. The first-order valence-corrected chi connectivity index (χ1v) is 10.4. The van der Waals surface area contributed by atoms with Crippen molar-refractivity contribution in [3.63, 3.8) is 0 Å². The Morgan fingerprint density at radius 2 is 1.74 bits per heavy atom. The first-order chi connectivity index (χ1) is 12.8. The topological polar surface area (TPSA) is 76.3 Å². The summed E-state index contributed by atoms with van der Waals surface area (Å²) < 4.78 is 31.7. The van der Waals surface area contributed by atoms with Crippen LogP contribution < -0.4 is 0 Å². The molecule has 0 saturated carbocycles. The molecule has 0 amide bonds. The first kappa shape index (κ1) is 19.8. The van der Waals surface area contributed by atoms with Gasteiger partial charge in [-0.05, 0) is 24.6 Å². The Morgan fingerprint density at radius 1 is 1.07 bits per heavy atom. The molecule has 2 aromatic carbocycles. The molecule has 0 aliphatic rings. The van der Waals surface area contributed by atoms with Crippen molar-refractivity contribution >= 4 is 33.2 Å². The number of rotatable bonds is 6. The predicted molar refractivity (Wildman–Crippen MR) is 105 cm³/mol. The van der Waals surface area contributed by atoms with Crippen molar-refractivity contribution in [1.82, 2.24) is 14.4 Å². The van der Waals surface area contributed by atoms with E-state index in [0.29, 0.717) is 21.4 Å². The van der Waals surface area contributed by atoms with Gasteiger partial charge in [0.15, 0.2) is 0 Å². The molecule has 1 heterocycles. The van der Waals surface area contributed by atoms with Crippen LogP contribution in [0.4, 0.5) is 0 Å². The molecule has 3 aromatic rings. The molecule has 0 radical (unpaired) electrons. The summed E-state index contributed by atoms with van der Waals surface area (Å²) in [4.78, 5) is 4.30. The minimum Gasteiger partial charge on any atom is -0.338 e. The van der Waals surface area contributed by atoms with E-state index in [1.807, 2.05) is 31.2 Å². The largest absolute Gasteiger partial charge is 0.338 e. The van der Waals surface area contributed by atoms with Gasteiger partial charge in [0.1, 0.15) is 0 Å². The summed E-state index contributed by atoms with van der Waals surface area (Å²) in [6.45, 7) is 1.89. The number of hydrogen-bond donors (Lipinski definition) is 0. The lowest BCUT2D eigenvalue weighted by atomic mass is 10.1. The van der Waals surface area contributed by atoms with Gasteiger partial charge in [0, 0.05) is 28.2 Å². The average molecular weight is 426 g/mol. The van der Waals surface area contributed by atoms with Crippen LogP contribution in [0, 0.1) is 6.92 Å². The third kappa shape index (κ3) is 4.50. The van der Waals surface area contributed by atoms with Crippen LogP contribution in [0.3, 0.4) is 0 Å². The third-order valence-corrected chi connectivity index (χ3v) is 6.52. The summed E-state index contributed by atoms with van der Waals surface area (Å²) in [5, 5.41) is 4.55. The average Bonchev–Trinajstić information content (AvgIpc) is 3.07. The summed E-state index contributed by atoms with van der Waals surface area (Å²) >= 11 is 12.2. The van der Waals surface area contributed by atoms with Crippen molar-refractivity contribution in [3.8, 4) is 11.4 Å². The van der Waals surface area contributed by atoms with Crippen molar-refractivity contribution in [2.75, 3.05) is 7.05 Å². The zero-order valence-electron chi connectivity index (χ0n) is 14.7. The van der Waals surface area contributed by atoms with Crippen LogP contribution in [0.2, 0.25) is 10.0 Å². The highest BCUT2D eigenvalue weighted by molar-refractivity contribution is 7.88. The van der Waals surface area contributed by atoms with Crippen molar-refractivity contribution in [1.29, 1.82) is 0 Å². The van der Waals surface area contributed by atoms with Gasteiger partial charge in [0.05, 0.1) is 12.3 Å². The van der Waals surface area contributed by atoms with Gasteiger partial charge in [-0.1, -0.05) is 58.7 Å². The van der Waals surface area contributed by atoms with E-state index in [1.54, 1.807) is 18.2 Å². The lowest BCUT2D eigenvalue weighted by Gasteiger charge is -2.16. The molecule has 0 spiro atoms. The zero-order chi connectivity index (χ0) is 19.6. The van der Waals surface area contributed by atoms with Crippen LogP contribution in [-0.4, -0.2) is 29.9 Å². The van der Waals surface area contributed by atoms with E-state index in [4.69, 9.17) is 27.7 Å². The van der Waals surface area contributed by atoms with E-state index >= 15 is 0 Å². The normalized spacial score (nSPS) is 11.9. The summed E-state index contributed by atoms with van der Waals surface area (Å²) in [5.41, 5.74) is 2.19. The van der Waals surface area contributed by atoms with Crippen LogP contribution >= 0.6 is 23.2 Å². The van der Waals surface area contributed by atoms with Gasteiger partial charge in [-0.3, -0.25) is 0 Å². The van der Waals surface area contributed by atoms with Crippen LogP contribution in [-0.2, 0) is 22.3 Å². The fourth-order valence-corrected chi connectivity index (χ4v) is 4.40. The minimum atomic E-state index is -3.68. The standard InChI is InChI=1S/C18H17Cl2N3O3S/c1-12-6-3-4-7-13(12)18-21-17(26-22-18)10-23(2)27(24,25)11-14-15(19)8-5-9-16(14)20/h3-9H,10-11H2,1-2H3. The molecule has 0 fully saturated rings. The summed E-state index contributed by atoms with van der Waals surface area (Å²) in [7, 11) is -2.24. The molecule has 1 aromatic heterocycles. The highest BCUT2D eigenvalue weighted by Gasteiger charge is 2.24. The lowest BCUT2D eigenvalue weighted by molar-refractivity contribution is 0.336. The number of halogens is 2. The van der Waals surface area contributed by atoms with Crippen molar-refractivity contribution in [2.45, 2.75) is 19.2 Å². The first-order valence-electron chi connectivity index (χ1n) is 8.03. The van der Waals surface area contributed by atoms with E-state index < -0.39 is 10.0 Å². The maximum absolute atomic E-state index is 12.7. The Hall–Kier alpha value is -1.93. The Balaban J connectivity index is 1.77. The molecule has 0 aliphatic heterocycles. The van der Waals surface area contributed by atoms with E-state index in [2.05, 4.69) is 10.1 Å². The zero-order valence-corrected chi connectivity index (χ0v) is 17.0. The number of aryl methyl sites for hydroxylation is 1. The van der Waals surface area contributed by atoms with Gasteiger partial charge in [-0.2, -0.15) is 9.29 Å². The molecule has 0 aliphatic carbocycles. The van der Waals surface area contributed by atoms with Crippen molar-refractivity contribution < 1.29 is 12.9 Å². The number of benzene rings is 2. The van der Waals surface area contributed by atoms with Crippen molar-refractivity contribution in [2.24, 2.45) is 0 Å². The smallest absolute Gasteiger partial charge is 0.242 e. The van der Waals surface area contributed by atoms with E-state index in [9.17, 15) is 8.42 Å². The highest BCUT2D eigenvalue weighted by atomic mass is 35.5. The van der Waals surface area contributed by atoms with Crippen LogP contribution in [0.1, 0.15) is 17.0 Å². The monoisotopic (exact) mass is 425 g/mol. The third-order valence-electron chi connectivity index (χ3n) is 4.08. The number of hydrogen-bond acceptors (Lipinski definition) is 5. The fourth-order valence-electron chi connectivity index (χ4n) is 2.50. The van der Waals surface area contributed by atoms with Crippen LogP contribution in [0.15, 0.2) is 47.0 Å². The molecule has 0 saturated heterocycles. The summed E-state index contributed by atoms with van der Waals surface area (Å²) in [6.07, 6.45) is 0. The number of sulfonamides is 1. The molecule has 0 bridgehead atoms. The van der Waals surface area contributed by atoms with Gasteiger partial charge in [0.25, 0.3) is 0 Å². The van der Waals surface area contributed by atoms with Gasteiger partial charge < -0.3 is 4.52 Å². The summed E-state index contributed by atoms with van der Waals surface area (Å²) in [6, 6.07) is 12.5. The Morgan fingerprint density at radius 3 is 2.41 bits per heavy atom. The lowest BCUT2D eigenvalue weighted by Crippen LogP contribution is -2.28. The Kier molecular flexibility index (Phi) is 5.86. The molecule has 27 heavy (non-hydrogen) atoms. The molecular formula is C18H17Cl2N3O3S. The number of nitrogens with zero attached hydrogens (tertiary/aromatic N) is 3. The fraction of sp³-hybridized carbons (Fsp3) is 0.222. The highest BCUT2D eigenvalue weighted by Crippen LogP contribution is 2.27. The van der Waals surface area contributed by atoms with Crippen LogP contribution in [0.25, 0.3) is 11.4 Å². The van der Waals surface area contributed by atoms with E-state index in [1.165, 1.54) is 7.05 Å². The minimum absolute atomic E-state index is 0.0523. The maximum atomic E-state index is 12.7. The molecule has 0 atom stereocenters. The number of aromatic nitrogens is 2. The predicted octanol–water partition coefficient (Wildman–Crippen LogP) is 4.31. The van der Waals surface area contributed by atoms with Crippen molar-refractivity contribution in [3.05, 3.63) is 69.5 Å². The molecule has 3 rings (SSSR count). The molecular weight excluding hydrogens is 409 g/mol. The van der Waals surface area contributed by atoms with Crippen LogP contribution in [0.5, 0.6) is 0 Å².